The second-order valence-electron chi connectivity index (χ2n) is 8.08. The molecule has 1 fully saturated rings. The highest BCUT2D eigenvalue weighted by Gasteiger charge is 2.23. The monoisotopic (exact) mass is 463 g/mol. The molecule has 0 N–H and O–H groups in total. The van der Waals surface area contributed by atoms with Crippen LogP contribution in [0.4, 0.5) is 4.39 Å². The van der Waals surface area contributed by atoms with Crippen molar-refractivity contribution in [2.45, 2.75) is 13.5 Å². The number of rotatable bonds is 4. The molecule has 168 valence electrons. The van der Waals surface area contributed by atoms with Crippen LogP contribution in [0.1, 0.15) is 21.6 Å². The van der Waals surface area contributed by atoms with Crippen LogP contribution < -0.4 is 5.56 Å². The molecule has 1 aliphatic rings. The van der Waals surface area contributed by atoms with Gasteiger partial charge in [-0.1, -0.05) is 35.6 Å². The molecule has 0 radical (unpaired) electrons. The number of benzene rings is 2. The average molecular weight is 464 g/mol. The molecule has 3 heterocycles. The van der Waals surface area contributed by atoms with Crippen LogP contribution >= 0.6 is 11.3 Å². The number of aromatic nitrogens is 3. The van der Waals surface area contributed by atoms with E-state index in [4.69, 9.17) is 0 Å². The lowest BCUT2D eigenvalue weighted by molar-refractivity contribution is 0.0627. The van der Waals surface area contributed by atoms with Gasteiger partial charge in [0.15, 0.2) is 0 Å². The number of fused-ring (bicyclic) bond motifs is 1. The first-order chi connectivity index (χ1) is 16.0. The smallest absolute Gasteiger partial charge is 0.275 e. The number of carbonyl (C=O) groups excluding carboxylic acids is 1. The minimum absolute atomic E-state index is 0.0965. The first kappa shape index (κ1) is 21.4. The predicted octanol–water partition coefficient (Wildman–Crippen LogP) is 3.22. The number of amides is 1. The Balaban J connectivity index is 1.28. The second-order valence-corrected chi connectivity index (χ2v) is 9.03. The number of aryl methyl sites for hydroxylation is 1. The van der Waals surface area contributed by atoms with Crippen molar-refractivity contribution in [1.29, 1.82) is 0 Å². The van der Waals surface area contributed by atoms with Gasteiger partial charge in [0.05, 0.1) is 5.69 Å². The third-order valence-corrected chi connectivity index (χ3v) is 6.75. The fraction of sp³-hybridized carbons (Fsp3) is 0.250. The molecular weight excluding hydrogens is 441 g/mol. The summed E-state index contributed by atoms with van der Waals surface area (Å²) >= 11 is 1.40. The zero-order valence-corrected chi connectivity index (χ0v) is 18.9. The summed E-state index contributed by atoms with van der Waals surface area (Å²) in [5.74, 6) is -0.454. The van der Waals surface area contributed by atoms with Crippen LogP contribution in [0.15, 0.2) is 59.4 Å². The van der Waals surface area contributed by atoms with E-state index in [1.165, 1.54) is 46.2 Å². The summed E-state index contributed by atoms with van der Waals surface area (Å²) < 4.78 is 14.5. The first-order valence-electron chi connectivity index (χ1n) is 10.7. The van der Waals surface area contributed by atoms with Gasteiger partial charge < -0.3 is 4.90 Å². The summed E-state index contributed by atoms with van der Waals surface area (Å²) in [6, 6.07) is 15.1. The Labute approximate surface area is 193 Å². The molecule has 5 rings (SSSR count). The molecule has 7 nitrogen and oxygen atoms in total. The molecule has 0 atom stereocenters. The fourth-order valence-corrected chi connectivity index (χ4v) is 4.99. The van der Waals surface area contributed by atoms with Gasteiger partial charge >= 0.3 is 0 Å². The van der Waals surface area contributed by atoms with Crippen molar-refractivity contribution < 1.29 is 9.18 Å². The number of hydrogen-bond donors (Lipinski definition) is 0. The molecule has 0 unspecified atom stereocenters. The number of hydrogen-bond acceptors (Lipinski definition) is 6. The predicted molar refractivity (Wildman–Crippen MR) is 125 cm³/mol. The average Bonchev–Trinajstić information content (AvgIpc) is 3.24. The molecule has 9 heteroatoms. The summed E-state index contributed by atoms with van der Waals surface area (Å²) in [6.07, 6.45) is 0. The molecule has 4 aromatic rings. The van der Waals surface area contributed by atoms with E-state index >= 15 is 0 Å². The minimum atomic E-state index is -0.358. The maximum Gasteiger partial charge on any atom is 0.275 e. The lowest BCUT2D eigenvalue weighted by Crippen LogP contribution is -2.48. The molecule has 0 bridgehead atoms. The summed E-state index contributed by atoms with van der Waals surface area (Å²) in [4.78, 5) is 34.5. The van der Waals surface area contributed by atoms with E-state index < -0.39 is 0 Å². The van der Waals surface area contributed by atoms with Gasteiger partial charge in [0.25, 0.3) is 11.5 Å². The maximum atomic E-state index is 13.1. The van der Waals surface area contributed by atoms with Crippen LogP contribution in [0.3, 0.4) is 0 Å². The van der Waals surface area contributed by atoms with E-state index in [0.717, 1.165) is 16.1 Å². The standard InChI is InChI=1S/C24H22FN5O2S/c1-16-4-2-3-5-20(16)22-27-30-21(31)14-19(26-24(30)33-22)15-28-10-12-29(13-11-28)23(32)17-6-8-18(25)9-7-17/h2-9,14H,10-13,15H2,1H3. The second kappa shape index (κ2) is 8.84. The van der Waals surface area contributed by atoms with E-state index in [9.17, 15) is 14.0 Å². The highest BCUT2D eigenvalue weighted by molar-refractivity contribution is 7.19. The minimum Gasteiger partial charge on any atom is -0.336 e. The van der Waals surface area contributed by atoms with E-state index in [1.807, 2.05) is 31.2 Å². The number of halogens is 1. The van der Waals surface area contributed by atoms with Gasteiger partial charge in [0.2, 0.25) is 4.96 Å². The van der Waals surface area contributed by atoms with Gasteiger partial charge in [-0.25, -0.2) is 9.37 Å². The van der Waals surface area contributed by atoms with Gasteiger partial charge in [-0.3, -0.25) is 14.5 Å². The molecule has 2 aromatic heterocycles. The van der Waals surface area contributed by atoms with Crippen molar-refractivity contribution in [1.82, 2.24) is 24.4 Å². The molecular formula is C24H22FN5O2S. The molecule has 0 aliphatic carbocycles. The third-order valence-electron chi connectivity index (χ3n) is 5.81. The molecule has 0 spiro atoms. The number of carbonyl (C=O) groups is 1. The van der Waals surface area contributed by atoms with Crippen molar-refractivity contribution in [3.05, 3.63) is 87.6 Å². The van der Waals surface area contributed by atoms with Crippen LogP contribution in [0.5, 0.6) is 0 Å². The zero-order valence-electron chi connectivity index (χ0n) is 18.1. The van der Waals surface area contributed by atoms with Gasteiger partial charge in [-0.05, 0) is 36.8 Å². The Morgan fingerprint density at radius 3 is 2.52 bits per heavy atom. The van der Waals surface area contributed by atoms with Gasteiger partial charge in [0.1, 0.15) is 10.8 Å². The van der Waals surface area contributed by atoms with Crippen LogP contribution in [-0.2, 0) is 6.54 Å². The lowest BCUT2D eigenvalue weighted by Gasteiger charge is -2.34. The largest absolute Gasteiger partial charge is 0.336 e. The first-order valence-corrected chi connectivity index (χ1v) is 11.5. The Hall–Kier alpha value is -3.43. The van der Waals surface area contributed by atoms with Crippen molar-refractivity contribution >= 4 is 22.2 Å². The van der Waals surface area contributed by atoms with E-state index in [0.29, 0.717) is 48.9 Å². The maximum absolute atomic E-state index is 13.1. The van der Waals surface area contributed by atoms with Gasteiger partial charge in [-0.2, -0.15) is 9.61 Å². The lowest BCUT2D eigenvalue weighted by atomic mass is 10.1. The van der Waals surface area contributed by atoms with Crippen molar-refractivity contribution in [2.24, 2.45) is 0 Å². The third kappa shape index (κ3) is 4.42. The van der Waals surface area contributed by atoms with Crippen LogP contribution in [0, 0.1) is 12.7 Å². The summed E-state index contributed by atoms with van der Waals surface area (Å²) in [7, 11) is 0. The van der Waals surface area contributed by atoms with E-state index in [-0.39, 0.29) is 17.3 Å². The Kier molecular flexibility index (Phi) is 5.74. The topological polar surface area (TPSA) is 70.8 Å². The van der Waals surface area contributed by atoms with Gasteiger partial charge in [-0.15, -0.1) is 0 Å². The molecule has 1 aliphatic heterocycles. The molecule has 33 heavy (non-hydrogen) atoms. The number of nitrogens with zero attached hydrogens (tertiary/aromatic N) is 5. The van der Waals surface area contributed by atoms with Crippen LogP contribution in [-0.4, -0.2) is 56.5 Å². The van der Waals surface area contributed by atoms with Crippen molar-refractivity contribution in [2.75, 3.05) is 26.2 Å². The fourth-order valence-electron chi connectivity index (χ4n) is 3.97. The Bertz CT molecular complexity index is 1370. The molecule has 1 amide bonds. The van der Waals surface area contributed by atoms with Crippen molar-refractivity contribution in [3.63, 3.8) is 0 Å². The highest BCUT2D eigenvalue weighted by atomic mass is 32.1. The Morgan fingerprint density at radius 1 is 1.06 bits per heavy atom. The van der Waals surface area contributed by atoms with Crippen LogP contribution in [0.2, 0.25) is 0 Å². The zero-order chi connectivity index (χ0) is 22.9. The Morgan fingerprint density at radius 2 is 1.79 bits per heavy atom. The summed E-state index contributed by atoms with van der Waals surface area (Å²) in [6.45, 7) is 5.02. The van der Waals surface area contributed by atoms with E-state index in [2.05, 4.69) is 15.0 Å². The SMILES string of the molecule is Cc1ccccc1-c1nn2c(=O)cc(CN3CCN(C(=O)c4ccc(F)cc4)CC3)nc2s1. The molecule has 1 saturated heterocycles. The normalized spacial score (nSPS) is 14.7. The van der Waals surface area contributed by atoms with E-state index in [1.54, 1.807) is 4.90 Å². The number of piperazine rings is 1. The van der Waals surface area contributed by atoms with Crippen molar-refractivity contribution in [3.8, 4) is 10.6 Å². The highest BCUT2D eigenvalue weighted by Crippen LogP contribution is 2.27. The summed E-state index contributed by atoms with van der Waals surface area (Å²) in [5.41, 5.74) is 3.07. The van der Waals surface area contributed by atoms with Gasteiger partial charge in [0, 0.05) is 49.9 Å². The quantitative estimate of drug-likeness (QED) is 0.465. The molecule has 0 saturated carbocycles. The summed E-state index contributed by atoms with van der Waals surface area (Å²) in [5, 5.41) is 5.24. The molecule has 2 aromatic carbocycles. The van der Waals surface area contributed by atoms with Crippen LogP contribution in [0.25, 0.3) is 15.5 Å².